The van der Waals surface area contributed by atoms with Crippen molar-refractivity contribution >= 4 is 17.4 Å². The Morgan fingerprint density at radius 2 is 1.97 bits per heavy atom. The zero-order chi connectivity index (χ0) is 21.3. The molecule has 1 saturated heterocycles. The van der Waals surface area contributed by atoms with E-state index in [9.17, 15) is 14.7 Å². The second-order valence-electron chi connectivity index (χ2n) is 7.18. The van der Waals surface area contributed by atoms with Crippen molar-refractivity contribution in [2.45, 2.75) is 40.2 Å². The zero-order valence-corrected chi connectivity index (χ0v) is 17.5. The first-order chi connectivity index (χ1) is 13.8. The van der Waals surface area contributed by atoms with Crippen LogP contribution in [0.4, 0.5) is 0 Å². The summed E-state index contributed by atoms with van der Waals surface area (Å²) in [6.07, 6.45) is 0.872. The highest BCUT2D eigenvalue weighted by Gasteiger charge is 2.46. The Balaban J connectivity index is 2.19. The van der Waals surface area contributed by atoms with E-state index in [0.29, 0.717) is 30.2 Å². The highest BCUT2D eigenvalue weighted by Crippen LogP contribution is 2.40. The van der Waals surface area contributed by atoms with E-state index in [0.717, 1.165) is 17.7 Å². The normalized spacial score (nSPS) is 18.5. The van der Waals surface area contributed by atoms with E-state index < -0.39 is 17.7 Å². The van der Waals surface area contributed by atoms with Gasteiger partial charge in [0.2, 0.25) is 0 Å². The van der Waals surface area contributed by atoms with Crippen LogP contribution in [0.1, 0.15) is 48.8 Å². The fourth-order valence-corrected chi connectivity index (χ4v) is 3.80. The molecule has 1 aliphatic rings. The van der Waals surface area contributed by atoms with Crippen LogP contribution in [-0.4, -0.2) is 44.6 Å². The smallest absolute Gasteiger partial charge is 0.295 e. The summed E-state index contributed by atoms with van der Waals surface area (Å²) in [5, 5.41) is 15.5. The first-order valence-electron chi connectivity index (χ1n) is 9.83. The number of hydrogen-bond acceptors (Lipinski definition) is 5. The number of likely N-dealkylation sites (N-methyl/N-ethyl adjacent to an activating group) is 1. The molecule has 7 nitrogen and oxygen atoms in total. The van der Waals surface area contributed by atoms with Crippen molar-refractivity contribution in [1.29, 1.82) is 0 Å². The van der Waals surface area contributed by atoms with E-state index in [1.165, 1.54) is 4.90 Å². The molecule has 1 aromatic heterocycles. The molecular weight excluding hydrogens is 370 g/mol. The predicted molar refractivity (Wildman–Crippen MR) is 110 cm³/mol. The van der Waals surface area contributed by atoms with E-state index in [4.69, 9.17) is 4.74 Å². The first kappa shape index (κ1) is 20.6. The van der Waals surface area contributed by atoms with E-state index in [2.05, 4.69) is 5.10 Å². The number of benzene rings is 1. The number of aliphatic hydroxyl groups excluding tert-OH is 1. The van der Waals surface area contributed by atoms with E-state index >= 15 is 0 Å². The molecule has 1 amide bonds. The largest absolute Gasteiger partial charge is 0.507 e. The Labute approximate surface area is 170 Å². The quantitative estimate of drug-likeness (QED) is 0.459. The molecule has 29 heavy (non-hydrogen) atoms. The van der Waals surface area contributed by atoms with Crippen LogP contribution in [0.25, 0.3) is 5.76 Å². The molecule has 1 aliphatic heterocycles. The standard InChI is InChI=1S/C22H27N3O4/c1-6-11-29-16-10-8-9-15(12-16)19-18(21(27)22(28)25(19)7-2)20(26)17-13(3)23-24(5)14(17)4/h8-10,12,19,26H,6-7,11H2,1-5H3/b20-18+. The lowest BCUT2D eigenvalue weighted by Gasteiger charge is -2.24. The molecule has 2 aromatic rings. The minimum Gasteiger partial charge on any atom is -0.507 e. The highest BCUT2D eigenvalue weighted by molar-refractivity contribution is 6.46. The zero-order valence-electron chi connectivity index (χ0n) is 17.5. The summed E-state index contributed by atoms with van der Waals surface area (Å²) in [5.74, 6) is -0.818. The van der Waals surface area contributed by atoms with Gasteiger partial charge in [0.1, 0.15) is 11.5 Å². The number of carbonyl (C=O) groups excluding carboxylic acids is 2. The summed E-state index contributed by atoms with van der Waals surface area (Å²) in [6.45, 7) is 8.35. The van der Waals surface area contributed by atoms with Gasteiger partial charge < -0.3 is 14.7 Å². The summed E-state index contributed by atoms with van der Waals surface area (Å²) in [6, 6.07) is 6.66. The number of nitrogens with zero attached hydrogens (tertiary/aromatic N) is 3. The molecule has 1 atom stereocenters. The van der Waals surface area contributed by atoms with Crippen LogP contribution in [0.5, 0.6) is 5.75 Å². The van der Waals surface area contributed by atoms with Crippen molar-refractivity contribution in [3.05, 3.63) is 52.4 Å². The molecule has 1 aromatic carbocycles. The van der Waals surface area contributed by atoms with E-state index in [-0.39, 0.29) is 11.3 Å². The first-order valence-corrected chi connectivity index (χ1v) is 9.83. The molecule has 1 N–H and O–H groups in total. The van der Waals surface area contributed by atoms with Gasteiger partial charge in [0.05, 0.1) is 29.5 Å². The third-order valence-electron chi connectivity index (χ3n) is 5.27. The molecule has 0 radical (unpaired) electrons. The van der Waals surface area contributed by atoms with Gasteiger partial charge in [-0.3, -0.25) is 14.3 Å². The summed E-state index contributed by atoms with van der Waals surface area (Å²) in [5.41, 5.74) is 2.62. The predicted octanol–water partition coefficient (Wildman–Crippen LogP) is 3.27. The molecular formula is C22H27N3O4. The third kappa shape index (κ3) is 3.52. The Morgan fingerprint density at radius 3 is 2.55 bits per heavy atom. The molecule has 0 bridgehead atoms. The molecule has 0 aliphatic carbocycles. The van der Waals surface area contributed by atoms with Crippen molar-refractivity contribution in [3.8, 4) is 5.75 Å². The number of aliphatic hydroxyl groups is 1. The number of carbonyl (C=O) groups is 2. The van der Waals surface area contributed by atoms with Gasteiger partial charge in [-0.1, -0.05) is 19.1 Å². The molecule has 0 spiro atoms. The van der Waals surface area contributed by atoms with E-state index in [1.54, 1.807) is 18.7 Å². The summed E-state index contributed by atoms with van der Waals surface area (Å²) in [7, 11) is 1.77. The highest BCUT2D eigenvalue weighted by atomic mass is 16.5. The number of Topliss-reactive ketones (excluding diaryl/α,β-unsaturated/α-hetero) is 1. The van der Waals surface area contributed by atoms with Gasteiger partial charge in [0.25, 0.3) is 11.7 Å². The van der Waals surface area contributed by atoms with Crippen LogP contribution < -0.4 is 4.74 Å². The number of rotatable bonds is 6. The fraction of sp³-hybridized carbons (Fsp3) is 0.409. The van der Waals surface area contributed by atoms with Crippen molar-refractivity contribution in [1.82, 2.24) is 14.7 Å². The Morgan fingerprint density at radius 1 is 1.24 bits per heavy atom. The minimum absolute atomic E-state index is 0.0868. The monoisotopic (exact) mass is 397 g/mol. The Bertz CT molecular complexity index is 990. The summed E-state index contributed by atoms with van der Waals surface area (Å²) in [4.78, 5) is 27.0. The number of aromatic nitrogens is 2. The number of aryl methyl sites for hydroxylation is 2. The topological polar surface area (TPSA) is 84.7 Å². The second kappa shape index (κ2) is 8.11. The van der Waals surface area contributed by atoms with Crippen LogP contribution in [0.15, 0.2) is 29.8 Å². The van der Waals surface area contributed by atoms with Crippen molar-refractivity contribution in [2.75, 3.05) is 13.2 Å². The van der Waals surface area contributed by atoms with Gasteiger partial charge in [0.15, 0.2) is 0 Å². The molecule has 2 heterocycles. The molecule has 3 rings (SSSR count). The average molecular weight is 397 g/mol. The Kier molecular flexibility index (Phi) is 5.77. The Hall–Kier alpha value is -3.09. The summed E-state index contributed by atoms with van der Waals surface area (Å²) < 4.78 is 7.37. The lowest BCUT2D eigenvalue weighted by molar-refractivity contribution is -0.139. The van der Waals surface area contributed by atoms with Crippen LogP contribution in [0, 0.1) is 13.8 Å². The van der Waals surface area contributed by atoms with Crippen molar-refractivity contribution in [2.24, 2.45) is 7.05 Å². The van der Waals surface area contributed by atoms with Crippen LogP contribution in [0.2, 0.25) is 0 Å². The van der Waals surface area contributed by atoms with Gasteiger partial charge in [0, 0.05) is 19.3 Å². The summed E-state index contributed by atoms with van der Waals surface area (Å²) >= 11 is 0. The third-order valence-corrected chi connectivity index (χ3v) is 5.27. The lowest BCUT2D eigenvalue weighted by Crippen LogP contribution is -2.29. The maximum Gasteiger partial charge on any atom is 0.295 e. The number of likely N-dealkylation sites (tertiary alicyclic amines) is 1. The van der Waals surface area contributed by atoms with Gasteiger partial charge in [-0.05, 0) is 44.9 Å². The number of ether oxygens (including phenoxy) is 1. The van der Waals surface area contributed by atoms with Crippen LogP contribution in [0.3, 0.4) is 0 Å². The number of hydrogen-bond donors (Lipinski definition) is 1. The van der Waals surface area contributed by atoms with Gasteiger partial charge >= 0.3 is 0 Å². The molecule has 1 unspecified atom stereocenters. The SMILES string of the molecule is CCCOc1cccc(C2/C(=C(\O)c3c(C)nn(C)c3C)C(=O)C(=O)N2CC)c1. The van der Waals surface area contributed by atoms with Gasteiger partial charge in [-0.25, -0.2) is 0 Å². The average Bonchev–Trinajstić information content (AvgIpc) is 3.11. The van der Waals surface area contributed by atoms with Crippen LogP contribution in [-0.2, 0) is 16.6 Å². The molecule has 0 saturated carbocycles. The maximum absolute atomic E-state index is 12.9. The number of ketones is 1. The molecule has 154 valence electrons. The van der Waals surface area contributed by atoms with Crippen molar-refractivity contribution < 1.29 is 19.4 Å². The van der Waals surface area contributed by atoms with E-state index in [1.807, 2.05) is 45.0 Å². The molecule has 1 fully saturated rings. The van der Waals surface area contributed by atoms with Gasteiger partial charge in [-0.15, -0.1) is 0 Å². The lowest BCUT2D eigenvalue weighted by atomic mass is 9.94. The maximum atomic E-state index is 12.9. The van der Waals surface area contributed by atoms with Crippen molar-refractivity contribution in [3.63, 3.8) is 0 Å². The second-order valence-corrected chi connectivity index (χ2v) is 7.18. The molecule has 7 heteroatoms. The van der Waals surface area contributed by atoms with Crippen LogP contribution >= 0.6 is 0 Å². The minimum atomic E-state index is -0.683. The van der Waals surface area contributed by atoms with Gasteiger partial charge in [-0.2, -0.15) is 5.10 Å². The fourth-order valence-electron chi connectivity index (χ4n) is 3.80. The number of amides is 1.